The van der Waals surface area contributed by atoms with Gasteiger partial charge in [0, 0.05) is 12.2 Å². The zero-order chi connectivity index (χ0) is 18.4. The van der Waals surface area contributed by atoms with Crippen LogP contribution in [0.5, 0.6) is 5.75 Å². The second-order valence-electron chi connectivity index (χ2n) is 5.75. The summed E-state index contributed by atoms with van der Waals surface area (Å²) in [6, 6.07) is 7.48. The molecule has 0 aliphatic heterocycles. The molecule has 25 heavy (non-hydrogen) atoms. The van der Waals surface area contributed by atoms with Crippen molar-refractivity contribution in [2.45, 2.75) is 33.2 Å². The molecule has 0 saturated heterocycles. The van der Waals surface area contributed by atoms with Gasteiger partial charge in [0.25, 0.3) is 5.91 Å². The van der Waals surface area contributed by atoms with Crippen molar-refractivity contribution in [3.05, 3.63) is 52.3 Å². The summed E-state index contributed by atoms with van der Waals surface area (Å²) in [6.07, 6.45) is 1.44. The van der Waals surface area contributed by atoms with Crippen molar-refractivity contribution in [2.24, 2.45) is 0 Å². The number of rotatable bonds is 7. The number of ether oxygens (including phenoxy) is 2. The Labute approximate surface area is 147 Å². The van der Waals surface area contributed by atoms with Gasteiger partial charge >= 0.3 is 5.97 Å². The normalized spacial score (nSPS) is 10.4. The summed E-state index contributed by atoms with van der Waals surface area (Å²) < 4.78 is 9.97. The van der Waals surface area contributed by atoms with Crippen molar-refractivity contribution in [1.82, 2.24) is 10.3 Å². The topological polar surface area (TPSA) is 80.4 Å². The molecule has 1 aromatic carbocycles. The van der Waals surface area contributed by atoms with Crippen molar-refractivity contribution < 1.29 is 19.1 Å². The Bertz CT molecular complexity index is 748. The highest BCUT2D eigenvalue weighted by atomic mass is 16.5. The second kappa shape index (κ2) is 8.37. The Hall–Kier alpha value is -2.76. The van der Waals surface area contributed by atoms with Gasteiger partial charge in [-0.2, -0.15) is 0 Å². The molecular formula is C19H24N2O4. The van der Waals surface area contributed by atoms with Gasteiger partial charge < -0.3 is 19.8 Å². The molecule has 0 bridgehead atoms. The third kappa shape index (κ3) is 4.21. The molecule has 2 N–H and O–H groups in total. The van der Waals surface area contributed by atoms with Gasteiger partial charge in [-0.25, -0.2) is 4.79 Å². The van der Waals surface area contributed by atoms with Gasteiger partial charge in [-0.15, -0.1) is 0 Å². The maximum atomic E-state index is 12.6. The maximum Gasteiger partial charge on any atom is 0.339 e. The molecule has 1 amide bonds. The van der Waals surface area contributed by atoms with Crippen LogP contribution in [0.4, 0.5) is 0 Å². The van der Waals surface area contributed by atoms with E-state index in [1.807, 2.05) is 31.2 Å². The van der Waals surface area contributed by atoms with Gasteiger partial charge in [0.05, 0.1) is 19.8 Å². The average molecular weight is 344 g/mol. The number of aromatic amines is 1. The summed E-state index contributed by atoms with van der Waals surface area (Å²) in [5.74, 6) is 0.104. The number of hydrogen-bond acceptors (Lipinski definition) is 4. The van der Waals surface area contributed by atoms with E-state index < -0.39 is 5.97 Å². The third-order valence-corrected chi connectivity index (χ3v) is 4.02. The molecule has 2 aromatic rings. The molecule has 0 fully saturated rings. The zero-order valence-electron chi connectivity index (χ0n) is 15.1. The first kappa shape index (κ1) is 18.6. The molecular weight excluding hydrogens is 320 g/mol. The Morgan fingerprint density at radius 2 is 1.84 bits per heavy atom. The third-order valence-electron chi connectivity index (χ3n) is 4.02. The molecule has 0 atom stereocenters. The number of esters is 1. The lowest BCUT2D eigenvalue weighted by Crippen LogP contribution is -2.24. The lowest BCUT2D eigenvalue weighted by molar-refractivity contribution is 0.0599. The summed E-state index contributed by atoms with van der Waals surface area (Å²) in [5, 5.41) is 2.89. The van der Waals surface area contributed by atoms with Gasteiger partial charge in [0.15, 0.2) is 0 Å². The van der Waals surface area contributed by atoms with Crippen LogP contribution >= 0.6 is 0 Å². The van der Waals surface area contributed by atoms with Crippen LogP contribution in [-0.2, 0) is 17.7 Å². The standard InChI is InChI=1S/C19H24N2O4/c1-5-6-15-16(19(23)25-4)12(2)21-17(15)18(22)20-11-13-7-9-14(24-3)10-8-13/h7-10,21H,5-6,11H2,1-4H3,(H,20,22). The number of H-pyrrole nitrogens is 1. The van der Waals surface area contributed by atoms with Crippen LogP contribution in [0.2, 0.25) is 0 Å². The number of nitrogens with one attached hydrogen (secondary N) is 2. The van der Waals surface area contributed by atoms with E-state index in [-0.39, 0.29) is 5.91 Å². The van der Waals surface area contributed by atoms with Crippen molar-refractivity contribution in [2.75, 3.05) is 14.2 Å². The lowest BCUT2D eigenvalue weighted by Gasteiger charge is -2.08. The number of benzene rings is 1. The van der Waals surface area contributed by atoms with Crippen LogP contribution in [-0.4, -0.2) is 31.1 Å². The highest BCUT2D eigenvalue weighted by molar-refractivity contribution is 6.00. The van der Waals surface area contributed by atoms with E-state index in [1.165, 1.54) is 7.11 Å². The van der Waals surface area contributed by atoms with Gasteiger partial charge in [0.2, 0.25) is 0 Å². The Kier molecular flexibility index (Phi) is 6.22. The van der Waals surface area contributed by atoms with Crippen LogP contribution in [0.15, 0.2) is 24.3 Å². The SMILES string of the molecule is CCCc1c(C(=O)NCc2ccc(OC)cc2)[nH]c(C)c1C(=O)OC. The fourth-order valence-electron chi connectivity index (χ4n) is 2.76. The highest BCUT2D eigenvalue weighted by Gasteiger charge is 2.24. The molecule has 6 nitrogen and oxygen atoms in total. The smallest absolute Gasteiger partial charge is 0.339 e. The summed E-state index contributed by atoms with van der Waals surface area (Å²) in [5.41, 5.74) is 3.19. The zero-order valence-corrected chi connectivity index (χ0v) is 15.1. The minimum atomic E-state index is -0.425. The minimum absolute atomic E-state index is 0.238. The molecule has 1 aromatic heterocycles. The van der Waals surface area contributed by atoms with Crippen LogP contribution < -0.4 is 10.1 Å². The molecule has 2 rings (SSSR count). The van der Waals surface area contributed by atoms with E-state index >= 15 is 0 Å². The summed E-state index contributed by atoms with van der Waals surface area (Å²) in [6.45, 7) is 4.16. The minimum Gasteiger partial charge on any atom is -0.497 e. The van der Waals surface area contributed by atoms with Crippen molar-refractivity contribution in [1.29, 1.82) is 0 Å². The second-order valence-corrected chi connectivity index (χ2v) is 5.75. The fourth-order valence-corrected chi connectivity index (χ4v) is 2.76. The van der Waals surface area contributed by atoms with Crippen molar-refractivity contribution in [3.8, 4) is 5.75 Å². The summed E-state index contributed by atoms with van der Waals surface area (Å²) in [7, 11) is 2.95. The predicted molar refractivity (Wildman–Crippen MR) is 95.0 cm³/mol. The first-order valence-corrected chi connectivity index (χ1v) is 8.22. The molecule has 0 spiro atoms. The van der Waals surface area contributed by atoms with E-state index in [1.54, 1.807) is 14.0 Å². The maximum absolute atomic E-state index is 12.6. The molecule has 0 aliphatic rings. The van der Waals surface area contributed by atoms with Crippen LogP contribution in [0.3, 0.4) is 0 Å². The summed E-state index contributed by atoms with van der Waals surface area (Å²) >= 11 is 0. The van der Waals surface area contributed by atoms with E-state index in [4.69, 9.17) is 9.47 Å². The van der Waals surface area contributed by atoms with E-state index in [0.717, 1.165) is 17.7 Å². The Morgan fingerprint density at radius 1 is 1.16 bits per heavy atom. The number of carbonyl (C=O) groups is 2. The number of carbonyl (C=O) groups excluding carboxylic acids is 2. The molecule has 0 aliphatic carbocycles. The number of methoxy groups -OCH3 is 2. The number of hydrogen-bond donors (Lipinski definition) is 2. The predicted octanol–water partition coefficient (Wildman–Crippen LogP) is 3.00. The molecule has 0 saturated carbocycles. The molecule has 6 heteroatoms. The highest BCUT2D eigenvalue weighted by Crippen LogP contribution is 2.22. The molecule has 134 valence electrons. The number of amides is 1. The fraction of sp³-hybridized carbons (Fsp3) is 0.368. The quantitative estimate of drug-likeness (QED) is 0.757. The average Bonchev–Trinajstić information content (AvgIpc) is 2.96. The van der Waals surface area contributed by atoms with Crippen molar-refractivity contribution in [3.63, 3.8) is 0 Å². The number of aryl methyl sites for hydroxylation is 1. The van der Waals surface area contributed by atoms with Gasteiger partial charge in [-0.3, -0.25) is 4.79 Å². The van der Waals surface area contributed by atoms with Crippen LogP contribution in [0.1, 0.15) is 51.0 Å². The first-order chi connectivity index (χ1) is 12.0. The van der Waals surface area contributed by atoms with Gasteiger partial charge in [0.1, 0.15) is 11.4 Å². The lowest BCUT2D eigenvalue weighted by atomic mass is 10.0. The van der Waals surface area contributed by atoms with E-state index in [2.05, 4.69) is 10.3 Å². The molecule has 1 heterocycles. The van der Waals surface area contributed by atoms with Crippen LogP contribution in [0, 0.1) is 6.92 Å². The van der Waals surface area contributed by atoms with Gasteiger partial charge in [-0.1, -0.05) is 25.5 Å². The Morgan fingerprint density at radius 3 is 2.40 bits per heavy atom. The van der Waals surface area contributed by atoms with E-state index in [9.17, 15) is 9.59 Å². The van der Waals surface area contributed by atoms with E-state index in [0.29, 0.717) is 35.5 Å². The Balaban J connectivity index is 2.18. The van der Waals surface area contributed by atoms with Crippen LogP contribution in [0.25, 0.3) is 0 Å². The summed E-state index contributed by atoms with van der Waals surface area (Å²) in [4.78, 5) is 27.6. The first-order valence-electron chi connectivity index (χ1n) is 8.22. The molecule has 0 radical (unpaired) electrons. The largest absolute Gasteiger partial charge is 0.497 e. The monoisotopic (exact) mass is 344 g/mol. The number of aromatic nitrogens is 1. The van der Waals surface area contributed by atoms with Crippen molar-refractivity contribution >= 4 is 11.9 Å². The molecule has 0 unspecified atom stereocenters. The van der Waals surface area contributed by atoms with Gasteiger partial charge in [-0.05, 0) is 36.6 Å².